The van der Waals surface area contributed by atoms with E-state index in [-0.39, 0.29) is 0 Å². The average Bonchev–Trinajstić information content (AvgIpc) is 2.13. The lowest BCUT2D eigenvalue weighted by atomic mass is 10.00. The molecule has 0 saturated carbocycles. The van der Waals surface area contributed by atoms with E-state index in [0.29, 0.717) is 0 Å². The molecule has 0 rings (SSSR count). The van der Waals surface area contributed by atoms with Crippen molar-refractivity contribution in [2.24, 2.45) is 0 Å². The number of aliphatic hydroxyl groups excluding tert-OH is 2. The number of hydrogen-bond acceptors (Lipinski definition) is 5. The van der Waals surface area contributed by atoms with Crippen LogP contribution in [0.5, 0.6) is 0 Å². The summed E-state index contributed by atoms with van der Waals surface area (Å²) in [6, 6.07) is 0. The van der Waals surface area contributed by atoms with E-state index in [0.717, 1.165) is 0 Å². The van der Waals surface area contributed by atoms with Gasteiger partial charge in [-0.25, -0.2) is 0 Å². The first kappa shape index (κ1) is 13.5. The van der Waals surface area contributed by atoms with Crippen LogP contribution >= 0.6 is 22.6 Å². The lowest BCUT2D eigenvalue weighted by Gasteiger charge is -2.34. The van der Waals surface area contributed by atoms with Crippen LogP contribution in [0.4, 0.5) is 0 Å². The third kappa shape index (κ3) is 3.30. The normalized spacial score (nSPS) is 23.3. The Labute approximate surface area is 90.8 Å². The zero-order valence-corrected chi connectivity index (χ0v) is 9.93. The van der Waals surface area contributed by atoms with Gasteiger partial charge in [-0.1, -0.05) is 0 Å². The molecule has 0 heterocycles. The zero-order chi connectivity index (χ0) is 10.6. The van der Waals surface area contributed by atoms with Crippen molar-refractivity contribution < 1.29 is 24.8 Å². The summed E-state index contributed by atoms with van der Waals surface area (Å²) >= 11 is 1.81. The molecule has 0 aliphatic rings. The molecule has 0 radical (unpaired) electrons. The van der Waals surface area contributed by atoms with E-state index in [9.17, 15) is 10.2 Å². The number of hydrogen-bond donors (Lipinski definition) is 3. The molecule has 0 aromatic rings. The maximum atomic E-state index is 9.73. The van der Waals surface area contributed by atoms with Crippen LogP contribution in [0.3, 0.4) is 0 Å². The van der Waals surface area contributed by atoms with E-state index in [4.69, 9.17) is 9.84 Å². The molecule has 5 nitrogen and oxygen atoms in total. The van der Waals surface area contributed by atoms with Crippen molar-refractivity contribution in [3.05, 3.63) is 0 Å². The standard InChI is InChI=1S/C7H15IO5/c1-7(11,6(8)13-3)4(9)5(10)12-2/h4-6,9-11H,1-3H3/t4-,5?,6+,7-/m1/s1. The van der Waals surface area contributed by atoms with E-state index in [1.54, 1.807) is 0 Å². The molecule has 80 valence electrons. The fourth-order valence-electron chi connectivity index (χ4n) is 0.790. The number of rotatable bonds is 5. The molecule has 0 aromatic heterocycles. The fourth-order valence-corrected chi connectivity index (χ4v) is 1.16. The highest BCUT2D eigenvalue weighted by atomic mass is 127. The summed E-state index contributed by atoms with van der Waals surface area (Å²) in [5.74, 6) is 0. The first-order chi connectivity index (χ1) is 5.87. The van der Waals surface area contributed by atoms with Gasteiger partial charge in [-0.05, 0) is 29.5 Å². The molecule has 0 saturated heterocycles. The lowest BCUT2D eigenvalue weighted by molar-refractivity contribution is -0.215. The van der Waals surface area contributed by atoms with Gasteiger partial charge in [0.2, 0.25) is 0 Å². The molecule has 13 heavy (non-hydrogen) atoms. The molecule has 0 bridgehead atoms. The quantitative estimate of drug-likeness (QED) is 0.362. The van der Waals surface area contributed by atoms with Crippen molar-refractivity contribution in [3.63, 3.8) is 0 Å². The molecule has 0 aliphatic heterocycles. The second-order valence-corrected chi connectivity index (χ2v) is 3.98. The van der Waals surface area contributed by atoms with Gasteiger partial charge in [0, 0.05) is 14.2 Å². The van der Waals surface area contributed by atoms with Crippen LogP contribution in [0.25, 0.3) is 0 Å². The number of methoxy groups -OCH3 is 2. The predicted octanol–water partition coefficient (Wildman–Crippen LogP) is -0.529. The molecule has 6 heteroatoms. The van der Waals surface area contributed by atoms with Crippen LogP contribution in [-0.2, 0) is 9.47 Å². The smallest absolute Gasteiger partial charge is 0.183 e. The van der Waals surface area contributed by atoms with Gasteiger partial charge < -0.3 is 24.8 Å². The molecule has 0 spiro atoms. The maximum Gasteiger partial charge on any atom is 0.183 e. The summed E-state index contributed by atoms with van der Waals surface area (Å²) in [5, 5.41) is 28.3. The molecule has 1 unspecified atom stereocenters. The van der Waals surface area contributed by atoms with Crippen LogP contribution in [0.15, 0.2) is 0 Å². The maximum absolute atomic E-state index is 9.73. The van der Waals surface area contributed by atoms with Crippen LogP contribution < -0.4 is 0 Å². The fraction of sp³-hybridized carbons (Fsp3) is 1.00. The Hall–Kier alpha value is 0.530. The number of ether oxygens (including phenoxy) is 2. The van der Waals surface area contributed by atoms with Gasteiger partial charge in [-0.3, -0.25) is 0 Å². The van der Waals surface area contributed by atoms with Gasteiger partial charge in [0.05, 0.1) is 0 Å². The minimum absolute atomic E-state index is 0.634. The van der Waals surface area contributed by atoms with Gasteiger partial charge >= 0.3 is 0 Å². The van der Waals surface area contributed by atoms with Crippen molar-refractivity contribution in [1.29, 1.82) is 0 Å². The van der Waals surface area contributed by atoms with Gasteiger partial charge in [-0.15, -0.1) is 0 Å². The SMILES string of the molecule is COC(O)[C@@H](O)[C@@](C)(O)[C@@H](I)OC. The Bertz CT molecular complexity index is 152. The average molecular weight is 306 g/mol. The van der Waals surface area contributed by atoms with E-state index in [1.807, 2.05) is 22.6 Å². The summed E-state index contributed by atoms with van der Waals surface area (Å²) in [7, 11) is 2.64. The summed E-state index contributed by atoms with van der Waals surface area (Å²) in [6.45, 7) is 1.36. The van der Waals surface area contributed by atoms with Crippen molar-refractivity contribution in [3.8, 4) is 0 Å². The van der Waals surface area contributed by atoms with Gasteiger partial charge in [0.1, 0.15) is 15.8 Å². The Morgan fingerprint density at radius 1 is 1.23 bits per heavy atom. The molecule has 0 aromatic carbocycles. The minimum atomic E-state index is -1.56. The molecule has 3 N–H and O–H groups in total. The van der Waals surface area contributed by atoms with E-state index >= 15 is 0 Å². The predicted molar refractivity (Wildman–Crippen MR) is 54.5 cm³/mol. The zero-order valence-electron chi connectivity index (χ0n) is 7.77. The molecule has 0 amide bonds. The molecular formula is C7H15IO5. The summed E-state index contributed by atoms with van der Waals surface area (Å²) in [6.07, 6.45) is -2.85. The van der Waals surface area contributed by atoms with Crippen LogP contribution in [-0.4, -0.2) is 51.6 Å². The molecular weight excluding hydrogens is 291 g/mol. The Kier molecular flexibility index (Phi) is 5.64. The molecule has 0 fully saturated rings. The van der Waals surface area contributed by atoms with E-state index < -0.39 is 22.1 Å². The lowest BCUT2D eigenvalue weighted by Crippen LogP contribution is -2.53. The number of aliphatic hydroxyl groups is 3. The van der Waals surface area contributed by atoms with Crippen LogP contribution in [0.1, 0.15) is 6.92 Å². The van der Waals surface area contributed by atoms with Crippen molar-refractivity contribution in [2.45, 2.75) is 29.0 Å². The third-order valence-electron chi connectivity index (χ3n) is 1.78. The van der Waals surface area contributed by atoms with Crippen molar-refractivity contribution in [2.75, 3.05) is 14.2 Å². The van der Waals surface area contributed by atoms with Gasteiger partial charge in [0.15, 0.2) is 6.29 Å². The summed E-state index contributed by atoms with van der Waals surface area (Å²) < 4.78 is 8.69. The molecule has 4 atom stereocenters. The highest BCUT2D eigenvalue weighted by molar-refractivity contribution is 14.1. The Morgan fingerprint density at radius 2 is 1.69 bits per heavy atom. The van der Waals surface area contributed by atoms with Crippen LogP contribution in [0.2, 0.25) is 0 Å². The van der Waals surface area contributed by atoms with E-state index in [1.165, 1.54) is 21.1 Å². The largest absolute Gasteiger partial charge is 0.385 e. The van der Waals surface area contributed by atoms with Crippen LogP contribution in [0, 0.1) is 0 Å². The topological polar surface area (TPSA) is 79.2 Å². The Balaban J connectivity index is 4.42. The second kappa shape index (κ2) is 5.42. The summed E-state index contributed by atoms with van der Waals surface area (Å²) in [5.41, 5.74) is -1.56. The highest BCUT2D eigenvalue weighted by Crippen LogP contribution is 2.24. The monoisotopic (exact) mass is 306 g/mol. The first-order valence-electron chi connectivity index (χ1n) is 3.66. The number of alkyl halides is 1. The van der Waals surface area contributed by atoms with Gasteiger partial charge in [0.25, 0.3) is 0 Å². The molecule has 0 aliphatic carbocycles. The van der Waals surface area contributed by atoms with Crippen molar-refractivity contribution in [1.82, 2.24) is 0 Å². The van der Waals surface area contributed by atoms with E-state index in [2.05, 4.69) is 4.74 Å². The second-order valence-electron chi connectivity index (χ2n) is 2.85. The number of halogens is 1. The highest BCUT2D eigenvalue weighted by Gasteiger charge is 2.42. The third-order valence-corrected chi connectivity index (χ3v) is 3.55. The first-order valence-corrected chi connectivity index (χ1v) is 4.90. The van der Waals surface area contributed by atoms with Gasteiger partial charge in [-0.2, -0.15) is 0 Å². The summed E-state index contributed by atoms with van der Waals surface area (Å²) in [4.78, 5) is 0. The Morgan fingerprint density at radius 3 is 2.00 bits per heavy atom. The van der Waals surface area contributed by atoms with Crippen molar-refractivity contribution >= 4 is 22.6 Å². The minimum Gasteiger partial charge on any atom is -0.385 e.